The summed E-state index contributed by atoms with van der Waals surface area (Å²) >= 11 is 0. The second-order valence-corrected chi connectivity index (χ2v) is 11.9. The normalized spacial score (nSPS) is 11.6. The minimum Gasteiger partial charge on any atom is -0.381 e. The van der Waals surface area contributed by atoms with Crippen LogP contribution in [-0.4, -0.2) is 4.98 Å². The standard InChI is InChI=1S/C37H41N3/c1-23-18-25(3)35(26(4)19-23)38-22-30-17-16-29-12-9-10-13-31(29)34(30)32-14-11-15-33(39-32)37(7,8)40-36-27(5)20-24(2)21-28(36)6/h9-21,38,40H,22H2,1-8H3. The predicted molar refractivity (Wildman–Crippen MR) is 172 cm³/mol. The van der Waals surface area contributed by atoms with Crippen molar-refractivity contribution in [3.05, 3.63) is 124 Å². The van der Waals surface area contributed by atoms with E-state index in [1.165, 1.54) is 66.7 Å². The van der Waals surface area contributed by atoms with Crippen LogP contribution in [0, 0.1) is 41.5 Å². The number of anilines is 2. The van der Waals surface area contributed by atoms with E-state index in [4.69, 9.17) is 4.98 Å². The number of hydrogen-bond acceptors (Lipinski definition) is 3. The third-order valence-electron chi connectivity index (χ3n) is 7.91. The van der Waals surface area contributed by atoms with Crippen LogP contribution in [0.3, 0.4) is 0 Å². The van der Waals surface area contributed by atoms with E-state index < -0.39 is 0 Å². The first-order valence-corrected chi connectivity index (χ1v) is 14.2. The second kappa shape index (κ2) is 10.8. The summed E-state index contributed by atoms with van der Waals surface area (Å²) in [4.78, 5) is 5.31. The van der Waals surface area contributed by atoms with Gasteiger partial charge in [0.15, 0.2) is 0 Å². The van der Waals surface area contributed by atoms with Crippen LogP contribution < -0.4 is 10.6 Å². The van der Waals surface area contributed by atoms with Gasteiger partial charge in [0.2, 0.25) is 0 Å². The maximum atomic E-state index is 5.31. The summed E-state index contributed by atoms with van der Waals surface area (Å²) in [6.45, 7) is 18.2. The van der Waals surface area contributed by atoms with Crippen LogP contribution in [0.25, 0.3) is 22.0 Å². The Hall–Kier alpha value is -4.11. The van der Waals surface area contributed by atoms with E-state index in [2.05, 4.69) is 145 Å². The van der Waals surface area contributed by atoms with Gasteiger partial charge in [-0.05, 0) is 106 Å². The van der Waals surface area contributed by atoms with Crippen molar-refractivity contribution in [3.8, 4) is 11.3 Å². The SMILES string of the molecule is Cc1cc(C)c(NCc2ccc3ccccc3c2-c2cccc(C(C)(C)Nc3c(C)cc(C)cc3C)n2)c(C)c1. The predicted octanol–water partition coefficient (Wildman–Crippen LogP) is 9.71. The van der Waals surface area contributed by atoms with Crippen LogP contribution in [0.4, 0.5) is 11.4 Å². The molecule has 0 spiro atoms. The third-order valence-corrected chi connectivity index (χ3v) is 7.91. The monoisotopic (exact) mass is 527 g/mol. The number of pyridine rings is 1. The zero-order valence-electron chi connectivity index (χ0n) is 25.2. The van der Waals surface area contributed by atoms with Gasteiger partial charge in [-0.1, -0.05) is 77.9 Å². The van der Waals surface area contributed by atoms with Crippen LogP contribution in [0.5, 0.6) is 0 Å². The minimum absolute atomic E-state index is 0.361. The van der Waals surface area contributed by atoms with Gasteiger partial charge in [-0.3, -0.25) is 4.98 Å². The van der Waals surface area contributed by atoms with E-state index in [9.17, 15) is 0 Å². The van der Waals surface area contributed by atoms with Crippen molar-refractivity contribution in [1.29, 1.82) is 0 Å². The van der Waals surface area contributed by atoms with Crippen LogP contribution in [0.15, 0.2) is 78.9 Å². The molecule has 0 radical (unpaired) electrons. The van der Waals surface area contributed by atoms with Gasteiger partial charge in [-0.25, -0.2) is 0 Å². The molecule has 0 bridgehead atoms. The maximum absolute atomic E-state index is 5.31. The van der Waals surface area contributed by atoms with E-state index >= 15 is 0 Å². The molecule has 204 valence electrons. The lowest BCUT2D eigenvalue weighted by atomic mass is 9.93. The molecule has 5 rings (SSSR count). The van der Waals surface area contributed by atoms with Gasteiger partial charge < -0.3 is 10.6 Å². The van der Waals surface area contributed by atoms with Crippen LogP contribution in [-0.2, 0) is 12.1 Å². The number of hydrogen-bond donors (Lipinski definition) is 2. The van der Waals surface area contributed by atoms with Gasteiger partial charge in [0, 0.05) is 23.5 Å². The van der Waals surface area contributed by atoms with Gasteiger partial charge in [0.1, 0.15) is 0 Å². The molecule has 0 atom stereocenters. The first kappa shape index (κ1) is 27.5. The number of benzene rings is 4. The lowest BCUT2D eigenvalue weighted by molar-refractivity contribution is 0.587. The molecule has 0 aliphatic rings. The van der Waals surface area contributed by atoms with Gasteiger partial charge in [-0.15, -0.1) is 0 Å². The summed E-state index contributed by atoms with van der Waals surface area (Å²) in [5, 5.41) is 10.0. The van der Waals surface area contributed by atoms with Gasteiger partial charge in [0.05, 0.1) is 16.9 Å². The number of aryl methyl sites for hydroxylation is 6. The Morgan fingerprint density at radius 2 is 1.25 bits per heavy atom. The quantitative estimate of drug-likeness (QED) is 0.221. The first-order valence-electron chi connectivity index (χ1n) is 14.2. The Balaban J connectivity index is 1.56. The number of nitrogens with zero attached hydrogens (tertiary/aromatic N) is 1. The van der Waals surface area contributed by atoms with Crippen molar-refractivity contribution in [2.75, 3.05) is 10.6 Å². The molecule has 0 saturated carbocycles. The van der Waals surface area contributed by atoms with Gasteiger partial charge in [0.25, 0.3) is 0 Å². The summed E-state index contributed by atoms with van der Waals surface area (Å²) in [5.41, 5.74) is 14.1. The molecule has 1 aromatic heterocycles. The molecule has 40 heavy (non-hydrogen) atoms. The third kappa shape index (κ3) is 5.47. The van der Waals surface area contributed by atoms with E-state index in [-0.39, 0.29) is 5.54 Å². The van der Waals surface area contributed by atoms with E-state index in [1.54, 1.807) is 0 Å². The first-order chi connectivity index (χ1) is 19.0. The number of nitrogens with one attached hydrogen (secondary N) is 2. The molecule has 3 nitrogen and oxygen atoms in total. The Kier molecular flexibility index (Phi) is 7.42. The molecule has 3 heteroatoms. The summed E-state index contributed by atoms with van der Waals surface area (Å²) in [7, 11) is 0. The average Bonchev–Trinajstić information content (AvgIpc) is 2.90. The van der Waals surface area contributed by atoms with Crippen molar-refractivity contribution in [1.82, 2.24) is 4.98 Å². The Labute approximate surface area is 239 Å². The zero-order valence-corrected chi connectivity index (χ0v) is 25.2. The van der Waals surface area contributed by atoms with Crippen LogP contribution in [0.1, 0.15) is 58.5 Å². The summed E-state index contributed by atoms with van der Waals surface area (Å²) in [6.07, 6.45) is 0. The lowest BCUT2D eigenvalue weighted by Crippen LogP contribution is -2.30. The van der Waals surface area contributed by atoms with E-state index in [1.807, 2.05) is 0 Å². The average molecular weight is 528 g/mol. The fourth-order valence-electron chi connectivity index (χ4n) is 6.08. The van der Waals surface area contributed by atoms with Crippen molar-refractivity contribution < 1.29 is 0 Å². The highest BCUT2D eigenvalue weighted by Crippen LogP contribution is 2.35. The van der Waals surface area contributed by atoms with Crippen molar-refractivity contribution in [3.63, 3.8) is 0 Å². The highest BCUT2D eigenvalue weighted by molar-refractivity contribution is 5.97. The number of fused-ring (bicyclic) bond motifs is 1. The molecule has 2 N–H and O–H groups in total. The van der Waals surface area contributed by atoms with Crippen molar-refractivity contribution >= 4 is 22.1 Å². The van der Waals surface area contributed by atoms with Gasteiger partial charge in [-0.2, -0.15) is 0 Å². The Bertz CT molecular complexity index is 1660. The number of aromatic nitrogens is 1. The van der Waals surface area contributed by atoms with Crippen molar-refractivity contribution in [2.24, 2.45) is 0 Å². The summed E-state index contributed by atoms with van der Waals surface area (Å²) < 4.78 is 0. The highest BCUT2D eigenvalue weighted by Gasteiger charge is 2.24. The van der Waals surface area contributed by atoms with E-state index in [0.29, 0.717) is 0 Å². The zero-order chi connectivity index (χ0) is 28.6. The molecule has 0 amide bonds. The second-order valence-electron chi connectivity index (χ2n) is 11.9. The van der Waals surface area contributed by atoms with Gasteiger partial charge >= 0.3 is 0 Å². The molecule has 0 aliphatic carbocycles. The molecule has 0 unspecified atom stereocenters. The Morgan fingerprint density at radius 1 is 0.650 bits per heavy atom. The maximum Gasteiger partial charge on any atom is 0.0739 e. The fourth-order valence-corrected chi connectivity index (χ4v) is 6.08. The number of rotatable bonds is 7. The van der Waals surface area contributed by atoms with Crippen molar-refractivity contribution in [2.45, 2.75) is 67.5 Å². The lowest BCUT2D eigenvalue weighted by Gasteiger charge is -2.30. The molecule has 0 fully saturated rings. The summed E-state index contributed by atoms with van der Waals surface area (Å²) in [6, 6.07) is 28.5. The molecule has 0 aliphatic heterocycles. The van der Waals surface area contributed by atoms with Crippen LogP contribution in [0.2, 0.25) is 0 Å². The van der Waals surface area contributed by atoms with E-state index in [0.717, 1.165) is 17.9 Å². The topological polar surface area (TPSA) is 37.0 Å². The fraction of sp³-hybridized carbons (Fsp3) is 0.270. The smallest absolute Gasteiger partial charge is 0.0739 e. The highest BCUT2D eigenvalue weighted by atomic mass is 15.0. The molecule has 1 heterocycles. The molecule has 4 aromatic carbocycles. The molecule has 5 aromatic rings. The largest absolute Gasteiger partial charge is 0.381 e. The molecular weight excluding hydrogens is 486 g/mol. The summed E-state index contributed by atoms with van der Waals surface area (Å²) in [5.74, 6) is 0. The Morgan fingerprint density at radius 3 is 1.90 bits per heavy atom. The molecular formula is C37H41N3. The minimum atomic E-state index is -0.361. The van der Waals surface area contributed by atoms with Crippen LogP contribution >= 0.6 is 0 Å². The molecule has 0 saturated heterocycles.